The number of hydrogen-bond donors (Lipinski definition) is 1. The summed E-state index contributed by atoms with van der Waals surface area (Å²) in [6.45, 7) is 12.6. The lowest BCUT2D eigenvalue weighted by molar-refractivity contribution is -0.148. The zero-order valence-electron chi connectivity index (χ0n) is 21.6. The molecule has 6 atom stereocenters. The van der Waals surface area contributed by atoms with Crippen molar-refractivity contribution in [2.75, 3.05) is 44.7 Å². The number of carbonyl (C=O) groups is 1. The van der Waals surface area contributed by atoms with E-state index in [1.54, 1.807) is 7.11 Å². The van der Waals surface area contributed by atoms with Gasteiger partial charge in [0, 0.05) is 50.6 Å². The number of ether oxygens (including phenoxy) is 2. The van der Waals surface area contributed by atoms with Crippen LogP contribution in [0.15, 0.2) is 29.8 Å². The molecular formula is C28H39ClN2O4. The second kappa shape index (κ2) is 10.7. The van der Waals surface area contributed by atoms with Gasteiger partial charge in [0.25, 0.3) is 0 Å². The first-order valence-corrected chi connectivity index (χ1v) is 13.2. The van der Waals surface area contributed by atoms with E-state index in [1.807, 2.05) is 25.1 Å². The van der Waals surface area contributed by atoms with Gasteiger partial charge < -0.3 is 19.5 Å². The molecule has 2 radical (unpaired) electrons. The maximum absolute atomic E-state index is 11.7. The number of hydrogen-bond acceptors (Lipinski definition) is 6. The number of anilines is 1. The van der Waals surface area contributed by atoms with E-state index in [0.717, 1.165) is 67.6 Å². The minimum Gasteiger partial charge on any atom is -0.495 e. The van der Waals surface area contributed by atoms with E-state index in [2.05, 4.69) is 36.1 Å². The summed E-state index contributed by atoms with van der Waals surface area (Å²) in [7, 11) is 1.70. The Labute approximate surface area is 215 Å². The minimum atomic E-state index is -1.07. The van der Waals surface area contributed by atoms with Crippen molar-refractivity contribution in [3.05, 3.63) is 41.3 Å². The molecule has 1 heterocycles. The Morgan fingerprint density at radius 2 is 2.00 bits per heavy atom. The number of esters is 1. The number of methoxy groups -OCH3 is 1. The van der Waals surface area contributed by atoms with Crippen LogP contribution >= 0.6 is 11.6 Å². The highest BCUT2D eigenvalue weighted by Gasteiger charge is 2.53. The number of rotatable bonds is 6. The van der Waals surface area contributed by atoms with E-state index in [-0.39, 0.29) is 17.8 Å². The average Bonchev–Trinajstić information content (AvgIpc) is 2.81. The van der Waals surface area contributed by atoms with Gasteiger partial charge in [-0.3, -0.25) is 9.69 Å². The van der Waals surface area contributed by atoms with Crippen LogP contribution in [0.4, 0.5) is 5.69 Å². The van der Waals surface area contributed by atoms with Crippen LogP contribution in [-0.4, -0.2) is 67.5 Å². The van der Waals surface area contributed by atoms with Crippen LogP contribution in [0.3, 0.4) is 0 Å². The van der Waals surface area contributed by atoms with Crippen LogP contribution in [0.25, 0.3) is 0 Å². The molecule has 0 amide bonds. The highest BCUT2D eigenvalue weighted by atomic mass is 35.5. The molecule has 1 saturated heterocycles. The molecule has 3 aliphatic rings. The Kier molecular flexibility index (Phi) is 8.04. The normalized spacial score (nSPS) is 32.4. The lowest BCUT2D eigenvalue weighted by atomic mass is 9.57. The van der Waals surface area contributed by atoms with Crippen molar-refractivity contribution in [3.63, 3.8) is 0 Å². The molecule has 1 aromatic carbocycles. The van der Waals surface area contributed by atoms with Gasteiger partial charge in [-0.25, -0.2) is 0 Å². The van der Waals surface area contributed by atoms with Gasteiger partial charge in [0.15, 0.2) is 0 Å². The van der Waals surface area contributed by atoms with Crippen LogP contribution in [0.2, 0.25) is 5.02 Å². The zero-order chi connectivity index (χ0) is 25.3. The second-order valence-corrected chi connectivity index (χ2v) is 11.1. The Morgan fingerprint density at radius 1 is 1.29 bits per heavy atom. The first-order valence-electron chi connectivity index (χ1n) is 12.8. The standard InChI is InChI=1S/C28H39ClN2O4/c1-18-14-24-23(8-6-20(3)28(24,33)16-27(18)35-21(4)32)19(2)17-30-10-12-31(13-11-30)25-15-22(29)7-9-26(25)34-5/h7,9,14-15,19-20,23-24,27,33H,6,8,10-13,17H2,1-5H3/t19-,20-,23+,24-,27-,28-/m1/s1. The molecule has 0 unspecified atom stereocenters. The highest BCUT2D eigenvalue weighted by Crippen LogP contribution is 2.51. The Morgan fingerprint density at radius 3 is 2.66 bits per heavy atom. The topological polar surface area (TPSA) is 62.2 Å². The third kappa shape index (κ3) is 5.50. The largest absolute Gasteiger partial charge is 0.495 e. The van der Waals surface area contributed by atoms with Gasteiger partial charge in [-0.1, -0.05) is 31.5 Å². The molecule has 1 saturated carbocycles. The van der Waals surface area contributed by atoms with E-state index in [0.29, 0.717) is 11.8 Å². The fourth-order valence-electron chi connectivity index (χ4n) is 6.23. The van der Waals surface area contributed by atoms with Crippen LogP contribution < -0.4 is 9.64 Å². The van der Waals surface area contributed by atoms with Crippen LogP contribution in [0, 0.1) is 30.1 Å². The molecule has 35 heavy (non-hydrogen) atoms. The number of piperazine rings is 1. The first-order chi connectivity index (χ1) is 16.6. The predicted molar refractivity (Wildman–Crippen MR) is 139 cm³/mol. The number of aliphatic hydroxyl groups is 1. The quantitative estimate of drug-likeness (QED) is 0.457. The Balaban J connectivity index is 1.41. The number of nitrogens with zero attached hydrogens (tertiary/aromatic N) is 2. The maximum Gasteiger partial charge on any atom is 0.303 e. The van der Waals surface area contributed by atoms with Crippen molar-refractivity contribution in [1.29, 1.82) is 0 Å². The molecule has 4 rings (SSSR count). The third-order valence-corrected chi connectivity index (χ3v) is 8.52. The molecule has 0 bridgehead atoms. The first kappa shape index (κ1) is 26.3. The third-order valence-electron chi connectivity index (χ3n) is 8.29. The smallest absolute Gasteiger partial charge is 0.303 e. The van der Waals surface area contributed by atoms with Gasteiger partial charge in [0.1, 0.15) is 11.9 Å². The summed E-state index contributed by atoms with van der Waals surface area (Å²) in [4.78, 5) is 16.4. The lowest BCUT2D eigenvalue weighted by Gasteiger charge is -2.53. The summed E-state index contributed by atoms with van der Waals surface area (Å²) in [5, 5.41) is 12.4. The van der Waals surface area contributed by atoms with Crippen molar-refractivity contribution in [1.82, 2.24) is 4.90 Å². The summed E-state index contributed by atoms with van der Waals surface area (Å²) >= 11 is 6.25. The molecule has 0 aromatic heterocycles. The van der Waals surface area contributed by atoms with Crippen molar-refractivity contribution in [2.45, 2.75) is 52.2 Å². The summed E-state index contributed by atoms with van der Waals surface area (Å²) < 4.78 is 11.0. The molecule has 6 nitrogen and oxygen atoms in total. The van der Waals surface area contributed by atoms with E-state index in [4.69, 9.17) is 21.1 Å². The van der Waals surface area contributed by atoms with Crippen molar-refractivity contribution >= 4 is 23.3 Å². The van der Waals surface area contributed by atoms with Gasteiger partial charge >= 0.3 is 5.97 Å². The van der Waals surface area contributed by atoms with Crippen molar-refractivity contribution < 1.29 is 19.4 Å². The molecule has 7 heteroatoms. The molecule has 0 spiro atoms. The van der Waals surface area contributed by atoms with Gasteiger partial charge in [-0.05, 0) is 61.3 Å². The number of benzene rings is 1. The molecule has 1 N–H and O–H groups in total. The SMILES string of the molecule is COc1ccc(Cl)cc1N1CCN(C[C@@H](C)[C@@H]2CC[C@@H](C)[C@]3(O)[C][C@@H](OC(C)=O)C(C)=C[C@H]23)CC1. The number of halogens is 1. The fraction of sp³-hybridized carbons (Fsp3) is 0.643. The maximum atomic E-state index is 11.7. The van der Waals surface area contributed by atoms with Crippen LogP contribution in [-0.2, 0) is 9.53 Å². The monoisotopic (exact) mass is 502 g/mol. The summed E-state index contributed by atoms with van der Waals surface area (Å²) in [5.74, 6) is 1.34. The van der Waals surface area contributed by atoms with E-state index in [1.165, 1.54) is 6.92 Å². The zero-order valence-corrected chi connectivity index (χ0v) is 22.3. The fourth-order valence-corrected chi connectivity index (χ4v) is 6.40. The van der Waals surface area contributed by atoms with E-state index >= 15 is 0 Å². The average molecular weight is 503 g/mol. The highest BCUT2D eigenvalue weighted by molar-refractivity contribution is 6.30. The summed E-state index contributed by atoms with van der Waals surface area (Å²) in [6.07, 6.45) is 6.90. The lowest BCUT2D eigenvalue weighted by Crippen LogP contribution is -2.57. The second-order valence-electron chi connectivity index (χ2n) is 10.6. The van der Waals surface area contributed by atoms with E-state index < -0.39 is 11.7 Å². The number of carbonyl (C=O) groups excluding carboxylic acids is 1. The number of fused-ring (bicyclic) bond motifs is 1. The molecule has 1 aromatic rings. The Bertz CT molecular complexity index is 945. The van der Waals surface area contributed by atoms with Gasteiger partial charge in [-0.2, -0.15) is 0 Å². The van der Waals surface area contributed by atoms with Crippen molar-refractivity contribution in [3.8, 4) is 5.75 Å². The van der Waals surface area contributed by atoms with Gasteiger partial charge in [-0.15, -0.1) is 0 Å². The summed E-state index contributed by atoms with van der Waals surface area (Å²) in [6, 6.07) is 5.77. The minimum absolute atomic E-state index is 0.00920. The molecule has 192 valence electrons. The van der Waals surface area contributed by atoms with Crippen LogP contribution in [0.5, 0.6) is 5.75 Å². The molecular weight excluding hydrogens is 464 g/mol. The van der Waals surface area contributed by atoms with Gasteiger partial charge in [0.05, 0.1) is 24.8 Å². The Hall–Kier alpha value is -1.76. The van der Waals surface area contributed by atoms with Gasteiger partial charge in [0.2, 0.25) is 0 Å². The van der Waals surface area contributed by atoms with Crippen molar-refractivity contribution in [2.24, 2.45) is 23.7 Å². The van der Waals surface area contributed by atoms with Crippen LogP contribution in [0.1, 0.15) is 40.5 Å². The predicted octanol–water partition coefficient (Wildman–Crippen LogP) is 4.47. The molecule has 2 fully saturated rings. The molecule has 1 aliphatic heterocycles. The molecule has 2 aliphatic carbocycles. The summed E-state index contributed by atoms with van der Waals surface area (Å²) in [5.41, 5.74) is 0.944. The van der Waals surface area contributed by atoms with E-state index in [9.17, 15) is 9.90 Å².